The van der Waals surface area contributed by atoms with E-state index >= 15 is 0 Å². The van der Waals surface area contributed by atoms with Crippen LogP contribution in [0.4, 0.5) is 5.69 Å². The number of carbonyl (C=O) groups is 3. The molecule has 0 radical (unpaired) electrons. The molecule has 0 aromatic heterocycles. The molecule has 41 heavy (non-hydrogen) atoms. The summed E-state index contributed by atoms with van der Waals surface area (Å²) in [6, 6.07) is 13.1. The Morgan fingerprint density at radius 2 is 1.76 bits per heavy atom. The largest absolute Gasteiger partial charge is 0.359 e. The van der Waals surface area contributed by atoms with Crippen LogP contribution < -0.4 is 10.6 Å². The molecule has 1 spiro atoms. The number of ether oxygens (including phenoxy) is 1. The Labute approximate surface area is 250 Å². The molecule has 2 N–H and O–H groups in total. The summed E-state index contributed by atoms with van der Waals surface area (Å²) in [5.74, 6) is -1.72. The molecule has 6 unspecified atom stereocenters. The summed E-state index contributed by atoms with van der Waals surface area (Å²) < 4.78 is 6.51. The van der Waals surface area contributed by atoms with Gasteiger partial charge in [0, 0.05) is 21.8 Å². The van der Waals surface area contributed by atoms with Crippen LogP contribution in [0.15, 0.2) is 60.7 Å². The maximum atomic E-state index is 14.4. The van der Waals surface area contributed by atoms with E-state index in [1.807, 2.05) is 49.4 Å². The van der Waals surface area contributed by atoms with Crippen LogP contribution in [0.25, 0.3) is 0 Å². The zero-order valence-electron chi connectivity index (χ0n) is 23.3. The molecule has 3 heterocycles. The van der Waals surface area contributed by atoms with Gasteiger partial charge in [0.05, 0.1) is 24.0 Å². The first-order chi connectivity index (χ1) is 19.6. The molecule has 2 saturated heterocycles. The van der Waals surface area contributed by atoms with E-state index in [2.05, 4.69) is 24.5 Å². The third kappa shape index (κ3) is 4.76. The molecule has 7 nitrogen and oxygen atoms in total. The van der Waals surface area contributed by atoms with E-state index in [4.69, 9.17) is 27.9 Å². The number of rotatable bonds is 6. The van der Waals surface area contributed by atoms with Gasteiger partial charge < -0.3 is 20.3 Å². The minimum Gasteiger partial charge on any atom is -0.359 e. The summed E-state index contributed by atoms with van der Waals surface area (Å²) in [6.45, 7) is 6.33. The number of nitrogens with one attached hydrogen (secondary N) is 2. The number of nitrogens with zero attached hydrogens (tertiary/aromatic N) is 1. The van der Waals surface area contributed by atoms with E-state index < -0.39 is 35.6 Å². The van der Waals surface area contributed by atoms with Crippen LogP contribution in [0.1, 0.15) is 51.6 Å². The maximum absolute atomic E-state index is 14.4. The molecule has 9 atom stereocenters. The molecule has 2 aromatic rings. The minimum absolute atomic E-state index is 0.0138. The van der Waals surface area contributed by atoms with Crippen molar-refractivity contribution in [2.24, 2.45) is 23.7 Å². The van der Waals surface area contributed by atoms with Crippen molar-refractivity contribution in [3.05, 3.63) is 76.3 Å². The van der Waals surface area contributed by atoms with Crippen LogP contribution in [0, 0.1) is 23.7 Å². The second kappa shape index (κ2) is 10.8. The van der Waals surface area contributed by atoms with E-state index in [1.54, 1.807) is 23.1 Å². The summed E-state index contributed by atoms with van der Waals surface area (Å²) in [5.41, 5.74) is 0.0950. The Bertz CT molecular complexity index is 1380. The number of carbonyl (C=O) groups excluding carboxylic acids is 3. The lowest BCUT2D eigenvalue weighted by molar-refractivity contribution is -0.144. The molecule has 2 aromatic carbocycles. The Morgan fingerprint density at radius 3 is 2.46 bits per heavy atom. The molecule has 2 bridgehead atoms. The molecule has 3 aliphatic heterocycles. The van der Waals surface area contributed by atoms with Gasteiger partial charge >= 0.3 is 0 Å². The van der Waals surface area contributed by atoms with Gasteiger partial charge in [0.25, 0.3) is 0 Å². The molecule has 1 aliphatic carbocycles. The third-order valence-corrected chi connectivity index (χ3v) is 10.2. The van der Waals surface area contributed by atoms with E-state index in [-0.39, 0.29) is 23.8 Å². The van der Waals surface area contributed by atoms with Gasteiger partial charge in [-0.3, -0.25) is 14.4 Å². The number of hydrogen-bond acceptors (Lipinski definition) is 4. The summed E-state index contributed by atoms with van der Waals surface area (Å²) in [7, 11) is 0. The summed E-state index contributed by atoms with van der Waals surface area (Å²) in [5, 5.41) is 6.96. The van der Waals surface area contributed by atoms with E-state index in [1.165, 1.54) is 0 Å². The van der Waals surface area contributed by atoms with Gasteiger partial charge in [-0.05, 0) is 48.9 Å². The standard InChI is InChI=1S/C32H35Cl2N3O4/c1-17-8-7-11-24(18(17)2)36-30(39)28-32-13-12-25(41-32)26(29(38)35-23-15-21(33)14-22(34)16-23)27(32)31(40)37(28)19(3)20-9-5-4-6-10-20/h4-6,9-10,12-19,24-28H,7-8,11H2,1-3H3,(H,35,38)(H,36,39)/t17?,18?,19?,24?,25-,26?,27-,28?,32+/m0/s1. The van der Waals surface area contributed by atoms with Crippen LogP contribution in [0.2, 0.25) is 10.0 Å². The number of fused-ring (bicyclic) bond motifs is 1. The molecule has 1 saturated carbocycles. The van der Waals surface area contributed by atoms with E-state index in [0.29, 0.717) is 27.6 Å². The molecule has 216 valence electrons. The van der Waals surface area contributed by atoms with Gasteiger partial charge in [-0.15, -0.1) is 0 Å². The quantitative estimate of drug-likeness (QED) is 0.414. The van der Waals surface area contributed by atoms with Gasteiger partial charge in [0.2, 0.25) is 17.7 Å². The van der Waals surface area contributed by atoms with Crippen molar-refractivity contribution in [2.45, 2.75) is 69.9 Å². The summed E-state index contributed by atoms with van der Waals surface area (Å²) >= 11 is 12.3. The molecule has 3 fully saturated rings. The van der Waals surface area contributed by atoms with Crippen molar-refractivity contribution in [3.8, 4) is 0 Å². The topological polar surface area (TPSA) is 87.7 Å². The van der Waals surface area contributed by atoms with Crippen molar-refractivity contribution in [3.63, 3.8) is 0 Å². The minimum atomic E-state index is -1.24. The first kappa shape index (κ1) is 28.3. The number of amides is 3. The van der Waals surface area contributed by atoms with Crippen molar-refractivity contribution in [2.75, 3.05) is 5.32 Å². The van der Waals surface area contributed by atoms with Gasteiger partial charge in [0.1, 0.15) is 11.6 Å². The van der Waals surface area contributed by atoms with E-state index in [0.717, 1.165) is 24.8 Å². The van der Waals surface area contributed by atoms with Gasteiger partial charge in [0.15, 0.2) is 0 Å². The number of anilines is 1. The van der Waals surface area contributed by atoms with Crippen molar-refractivity contribution >= 4 is 46.6 Å². The van der Waals surface area contributed by atoms with Crippen LogP contribution in [-0.2, 0) is 19.1 Å². The van der Waals surface area contributed by atoms with Crippen LogP contribution in [0.3, 0.4) is 0 Å². The number of benzene rings is 2. The predicted octanol–water partition coefficient (Wildman–Crippen LogP) is 5.78. The highest BCUT2D eigenvalue weighted by Crippen LogP contribution is 2.57. The highest BCUT2D eigenvalue weighted by atomic mass is 35.5. The van der Waals surface area contributed by atoms with Gasteiger partial charge in [-0.25, -0.2) is 0 Å². The zero-order chi connectivity index (χ0) is 29.1. The normalized spacial score (nSPS) is 34.4. The van der Waals surface area contributed by atoms with Crippen LogP contribution in [-0.4, -0.2) is 46.4 Å². The second-order valence-electron chi connectivity index (χ2n) is 12.1. The molecule has 9 heteroatoms. The fourth-order valence-electron chi connectivity index (χ4n) is 7.41. The second-order valence-corrected chi connectivity index (χ2v) is 12.9. The molecular formula is C32H35Cl2N3O4. The maximum Gasteiger partial charge on any atom is 0.246 e. The number of halogens is 2. The highest BCUT2D eigenvalue weighted by Gasteiger charge is 2.73. The van der Waals surface area contributed by atoms with E-state index in [9.17, 15) is 14.4 Å². The lowest BCUT2D eigenvalue weighted by Crippen LogP contribution is -2.58. The first-order valence-corrected chi connectivity index (χ1v) is 15.2. The average Bonchev–Trinajstić information content (AvgIpc) is 3.58. The Kier molecular flexibility index (Phi) is 7.41. The smallest absolute Gasteiger partial charge is 0.246 e. The van der Waals surface area contributed by atoms with Gasteiger partial charge in [-0.2, -0.15) is 0 Å². The van der Waals surface area contributed by atoms with Crippen molar-refractivity contribution < 1.29 is 19.1 Å². The average molecular weight is 597 g/mol. The first-order valence-electron chi connectivity index (χ1n) is 14.4. The zero-order valence-corrected chi connectivity index (χ0v) is 24.9. The van der Waals surface area contributed by atoms with Crippen molar-refractivity contribution in [1.82, 2.24) is 10.2 Å². The SMILES string of the molecule is CC1CCCC(NC(=O)C2N(C(C)c3ccccc3)C(=O)[C@@H]3C(C(=O)Nc4cc(Cl)cc(Cl)c4)[C@@H]4C=C[C@]23O4)C1C. The monoisotopic (exact) mass is 595 g/mol. The Morgan fingerprint density at radius 1 is 1.05 bits per heavy atom. The fourth-order valence-corrected chi connectivity index (χ4v) is 7.94. The van der Waals surface area contributed by atoms with Gasteiger partial charge in [-0.1, -0.05) is 92.4 Å². The summed E-state index contributed by atoms with van der Waals surface area (Å²) in [6.07, 6.45) is 6.12. The predicted molar refractivity (Wildman–Crippen MR) is 158 cm³/mol. The Hall–Kier alpha value is -2.87. The highest BCUT2D eigenvalue weighted by molar-refractivity contribution is 6.35. The molecule has 4 aliphatic rings. The van der Waals surface area contributed by atoms with Crippen molar-refractivity contribution in [1.29, 1.82) is 0 Å². The molecule has 6 rings (SSSR count). The molecular weight excluding hydrogens is 561 g/mol. The number of hydrogen-bond donors (Lipinski definition) is 2. The lowest BCUT2D eigenvalue weighted by atomic mass is 9.73. The van der Waals surface area contributed by atoms with Crippen LogP contribution in [0.5, 0.6) is 0 Å². The summed E-state index contributed by atoms with van der Waals surface area (Å²) in [4.78, 5) is 44.1. The fraction of sp³-hybridized carbons (Fsp3) is 0.469. The van der Waals surface area contributed by atoms with Crippen LogP contribution >= 0.6 is 23.2 Å². The lowest BCUT2D eigenvalue weighted by Gasteiger charge is -2.39. The third-order valence-electron chi connectivity index (χ3n) is 9.73. The number of likely N-dealkylation sites (tertiary alicyclic amines) is 1. The Balaban J connectivity index is 1.35. The molecule has 3 amide bonds.